The number of benzene rings is 1. The summed E-state index contributed by atoms with van der Waals surface area (Å²) in [6.45, 7) is 4.21. The first-order valence-electron chi connectivity index (χ1n) is 6.50. The first kappa shape index (κ1) is 15.1. The van der Waals surface area contributed by atoms with E-state index < -0.39 is 11.9 Å². The molecular weight excluding hydrogens is 322 g/mol. The molecule has 0 amide bonds. The standard InChI is InChI=1S/C15H18BrNO3/c1-9(15(18)19)8-17(3)10(2)14-7-11-6-12(16)4-5-13(11)20-14/h4-7,9-10H,8H2,1-3H3,(H,18,19). The highest BCUT2D eigenvalue weighted by atomic mass is 79.9. The zero-order chi connectivity index (χ0) is 14.9. The molecule has 0 radical (unpaired) electrons. The molecule has 5 heteroatoms. The van der Waals surface area contributed by atoms with Crippen molar-refractivity contribution in [2.24, 2.45) is 5.92 Å². The van der Waals surface area contributed by atoms with E-state index in [0.29, 0.717) is 6.54 Å². The number of furan rings is 1. The SMILES string of the molecule is CC(CN(C)C(C)c1cc2cc(Br)ccc2o1)C(=O)O. The van der Waals surface area contributed by atoms with Gasteiger partial charge in [0.25, 0.3) is 0 Å². The lowest BCUT2D eigenvalue weighted by atomic mass is 10.1. The first-order valence-corrected chi connectivity index (χ1v) is 7.30. The molecule has 0 spiro atoms. The van der Waals surface area contributed by atoms with Gasteiger partial charge in [0.05, 0.1) is 12.0 Å². The van der Waals surface area contributed by atoms with Gasteiger partial charge in [-0.15, -0.1) is 0 Å². The van der Waals surface area contributed by atoms with Gasteiger partial charge in [-0.2, -0.15) is 0 Å². The molecule has 2 unspecified atom stereocenters. The minimum absolute atomic E-state index is 0.0305. The van der Waals surface area contributed by atoms with Gasteiger partial charge in [-0.3, -0.25) is 9.69 Å². The fraction of sp³-hybridized carbons (Fsp3) is 0.400. The second-order valence-corrected chi connectivity index (χ2v) is 6.10. The summed E-state index contributed by atoms with van der Waals surface area (Å²) in [7, 11) is 1.91. The van der Waals surface area contributed by atoms with Crippen molar-refractivity contribution in [2.75, 3.05) is 13.6 Å². The number of hydrogen-bond acceptors (Lipinski definition) is 3. The van der Waals surface area contributed by atoms with Crippen LogP contribution in [0.3, 0.4) is 0 Å². The molecule has 2 atom stereocenters. The van der Waals surface area contributed by atoms with Crippen molar-refractivity contribution >= 4 is 32.9 Å². The third kappa shape index (κ3) is 3.22. The molecule has 0 aliphatic rings. The molecular formula is C15H18BrNO3. The van der Waals surface area contributed by atoms with Crippen LogP contribution in [0.15, 0.2) is 33.2 Å². The quantitative estimate of drug-likeness (QED) is 0.897. The Labute approximate surface area is 126 Å². The van der Waals surface area contributed by atoms with Crippen molar-refractivity contribution in [1.82, 2.24) is 4.90 Å². The number of rotatable bonds is 5. The Balaban J connectivity index is 2.17. The molecule has 1 heterocycles. The van der Waals surface area contributed by atoms with Crippen molar-refractivity contribution < 1.29 is 14.3 Å². The van der Waals surface area contributed by atoms with Crippen molar-refractivity contribution in [3.05, 3.63) is 34.5 Å². The molecule has 2 rings (SSSR count). The number of carboxylic acid groups (broad SMARTS) is 1. The van der Waals surface area contributed by atoms with E-state index in [2.05, 4.69) is 15.9 Å². The van der Waals surface area contributed by atoms with E-state index in [9.17, 15) is 4.79 Å². The highest BCUT2D eigenvalue weighted by Crippen LogP contribution is 2.29. The average molecular weight is 340 g/mol. The van der Waals surface area contributed by atoms with E-state index in [4.69, 9.17) is 9.52 Å². The van der Waals surface area contributed by atoms with E-state index in [1.54, 1.807) is 6.92 Å². The molecule has 108 valence electrons. The largest absolute Gasteiger partial charge is 0.481 e. The normalized spacial score (nSPS) is 14.7. The van der Waals surface area contributed by atoms with Gasteiger partial charge in [-0.1, -0.05) is 22.9 Å². The molecule has 1 aromatic carbocycles. The fourth-order valence-electron chi connectivity index (χ4n) is 2.13. The van der Waals surface area contributed by atoms with Gasteiger partial charge in [-0.05, 0) is 38.2 Å². The summed E-state index contributed by atoms with van der Waals surface area (Å²) in [6, 6.07) is 7.91. The van der Waals surface area contributed by atoms with Crippen LogP contribution in [0, 0.1) is 5.92 Å². The summed E-state index contributed by atoms with van der Waals surface area (Å²) in [6.07, 6.45) is 0. The third-order valence-corrected chi connectivity index (χ3v) is 4.05. The molecule has 0 saturated carbocycles. The molecule has 4 nitrogen and oxygen atoms in total. The molecule has 0 bridgehead atoms. The van der Waals surface area contributed by atoms with E-state index in [1.807, 2.05) is 43.1 Å². The van der Waals surface area contributed by atoms with Crippen LogP contribution in [0.2, 0.25) is 0 Å². The topological polar surface area (TPSA) is 53.7 Å². The number of aliphatic carboxylic acids is 1. The predicted octanol–water partition coefficient (Wildman–Crippen LogP) is 3.91. The zero-order valence-electron chi connectivity index (χ0n) is 11.8. The number of hydrogen-bond donors (Lipinski definition) is 1. The van der Waals surface area contributed by atoms with Gasteiger partial charge in [0.2, 0.25) is 0 Å². The van der Waals surface area contributed by atoms with Gasteiger partial charge in [0.15, 0.2) is 0 Å². The maximum atomic E-state index is 10.9. The molecule has 1 aromatic heterocycles. The lowest BCUT2D eigenvalue weighted by Crippen LogP contribution is -2.30. The highest BCUT2D eigenvalue weighted by Gasteiger charge is 2.20. The van der Waals surface area contributed by atoms with Gasteiger partial charge in [0.1, 0.15) is 11.3 Å². The summed E-state index contributed by atoms with van der Waals surface area (Å²) >= 11 is 3.44. The van der Waals surface area contributed by atoms with E-state index >= 15 is 0 Å². The van der Waals surface area contributed by atoms with Gasteiger partial charge >= 0.3 is 5.97 Å². The molecule has 0 saturated heterocycles. The van der Waals surface area contributed by atoms with Crippen LogP contribution in [-0.2, 0) is 4.79 Å². The Bertz CT molecular complexity index is 623. The van der Waals surface area contributed by atoms with E-state index in [1.165, 1.54) is 0 Å². The van der Waals surface area contributed by atoms with Crippen LogP contribution in [0.4, 0.5) is 0 Å². The van der Waals surface area contributed by atoms with Gasteiger partial charge < -0.3 is 9.52 Å². The maximum absolute atomic E-state index is 10.9. The molecule has 0 aliphatic carbocycles. The van der Waals surface area contributed by atoms with E-state index in [-0.39, 0.29) is 6.04 Å². The summed E-state index contributed by atoms with van der Waals surface area (Å²) in [5, 5.41) is 10.0. The number of fused-ring (bicyclic) bond motifs is 1. The first-order chi connectivity index (χ1) is 9.38. The van der Waals surface area contributed by atoms with Gasteiger partial charge in [-0.25, -0.2) is 0 Å². The maximum Gasteiger partial charge on any atom is 0.307 e. The van der Waals surface area contributed by atoms with Crippen molar-refractivity contribution in [3.8, 4) is 0 Å². The Morgan fingerprint density at radius 1 is 1.40 bits per heavy atom. The molecule has 20 heavy (non-hydrogen) atoms. The van der Waals surface area contributed by atoms with Crippen LogP contribution in [0.25, 0.3) is 11.0 Å². The Morgan fingerprint density at radius 2 is 2.10 bits per heavy atom. The van der Waals surface area contributed by atoms with Gasteiger partial charge in [0, 0.05) is 16.4 Å². The lowest BCUT2D eigenvalue weighted by Gasteiger charge is -2.24. The predicted molar refractivity (Wildman–Crippen MR) is 81.8 cm³/mol. The Kier molecular flexibility index (Phi) is 4.50. The number of carboxylic acids is 1. The summed E-state index contributed by atoms with van der Waals surface area (Å²) < 4.78 is 6.85. The molecule has 2 aromatic rings. The third-order valence-electron chi connectivity index (χ3n) is 3.55. The Morgan fingerprint density at radius 3 is 2.75 bits per heavy atom. The smallest absolute Gasteiger partial charge is 0.307 e. The average Bonchev–Trinajstić information content (AvgIpc) is 2.80. The van der Waals surface area contributed by atoms with Crippen molar-refractivity contribution in [3.63, 3.8) is 0 Å². The number of nitrogens with zero attached hydrogens (tertiary/aromatic N) is 1. The van der Waals surface area contributed by atoms with Crippen LogP contribution in [0.1, 0.15) is 25.6 Å². The number of carbonyl (C=O) groups is 1. The molecule has 1 N–H and O–H groups in total. The number of halogens is 1. The van der Waals surface area contributed by atoms with Crippen molar-refractivity contribution in [1.29, 1.82) is 0 Å². The zero-order valence-corrected chi connectivity index (χ0v) is 13.3. The minimum Gasteiger partial charge on any atom is -0.481 e. The van der Waals surface area contributed by atoms with E-state index in [0.717, 1.165) is 21.2 Å². The second kappa shape index (κ2) is 5.97. The van der Waals surface area contributed by atoms with Crippen LogP contribution >= 0.6 is 15.9 Å². The lowest BCUT2D eigenvalue weighted by molar-refractivity contribution is -0.141. The van der Waals surface area contributed by atoms with Crippen LogP contribution in [-0.4, -0.2) is 29.6 Å². The summed E-state index contributed by atoms with van der Waals surface area (Å²) in [5.74, 6) is -0.336. The Hall–Kier alpha value is -1.33. The molecule has 0 aliphatic heterocycles. The monoisotopic (exact) mass is 339 g/mol. The summed E-state index contributed by atoms with van der Waals surface area (Å²) in [4.78, 5) is 12.9. The minimum atomic E-state index is -0.780. The van der Waals surface area contributed by atoms with Crippen LogP contribution < -0.4 is 0 Å². The summed E-state index contributed by atoms with van der Waals surface area (Å²) in [5.41, 5.74) is 0.842. The van der Waals surface area contributed by atoms with Crippen molar-refractivity contribution in [2.45, 2.75) is 19.9 Å². The van der Waals surface area contributed by atoms with Crippen LogP contribution in [0.5, 0.6) is 0 Å². The highest BCUT2D eigenvalue weighted by molar-refractivity contribution is 9.10. The fourth-order valence-corrected chi connectivity index (χ4v) is 2.50. The second-order valence-electron chi connectivity index (χ2n) is 5.19. The molecule has 0 fully saturated rings.